The molecule has 0 amide bonds. The molecule has 1 unspecified atom stereocenters. The van der Waals surface area contributed by atoms with Crippen molar-refractivity contribution in [1.82, 2.24) is 10.3 Å². The van der Waals surface area contributed by atoms with Crippen LogP contribution < -0.4 is 10.2 Å². The van der Waals surface area contributed by atoms with Crippen molar-refractivity contribution in [2.75, 3.05) is 24.0 Å². The first-order valence-electron chi connectivity index (χ1n) is 6.76. The zero-order valence-corrected chi connectivity index (χ0v) is 13.8. The topological polar surface area (TPSA) is 28.2 Å². The van der Waals surface area contributed by atoms with Crippen LogP contribution in [-0.2, 0) is 6.54 Å². The summed E-state index contributed by atoms with van der Waals surface area (Å²) in [6.07, 6.45) is 2.14. The maximum Gasteiger partial charge on any atom is 0.128 e. The number of anilines is 1. The molecule has 1 heterocycles. The first-order chi connectivity index (χ1) is 8.83. The van der Waals surface area contributed by atoms with Crippen LogP contribution in [0, 0.1) is 0 Å². The molecule has 1 rings (SSSR count). The van der Waals surface area contributed by atoms with Crippen LogP contribution in [-0.4, -0.2) is 35.6 Å². The zero-order valence-electron chi connectivity index (χ0n) is 13.0. The van der Waals surface area contributed by atoms with Gasteiger partial charge in [0, 0.05) is 30.9 Å². The summed E-state index contributed by atoms with van der Waals surface area (Å²) in [5.74, 6) is 2.16. The van der Waals surface area contributed by atoms with E-state index >= 15 is 0 Å². The summed E-state index contributed by atoms with van der Waals surface area (Å²) in [5.41, 5.74) is 1.21. The molecule has 4 heteroatoms. The summed E-state index contributed by atoms with van der Waals surface area (Å²) in [7, 11) is 2.12. The molecular formula is C15H27N3S. The summed E-state index contributed by atoms with van der Waals surface area (Å²) in [6.45, 7) is 9.55. The van der Waals surface area contributed by atoms with E-state index in [-0.39, 0.29) is 5.54 Å². The van der Waals surface area contributed by atoms with Gasteiger partial charge in [0.1, 0.15) is 5.82 Å². The molecule has 1 aromatic rings. The van der Waals surface area contributed by atoms with Crippen LogP contribution in [0.15, 0.2) is 18.2 Å². The Kier molecular flexibility index (Phi) is 6.14. The molecule has 0 spiro atoms. The Balaban J connectivity index is 2.71. The largest absolute Gasteiger partial charge is 0.356 e. The highest BCUT2D eigenvalue weighted by Crippen LogP contribution is 2.15. The number of nitrogens with zero attached hydrogens (tertiary/aromatic N) is 2. The Morgan fingerprint density at radius 3 is 2.63 bits per heavy atom. The molecule has 0 aliphatic heterocycles. The van der Waals surface area contributed by atoms with Gasteiger partial charge in [-0.1, -0.05) is 6.07 Å². The van der Waals surface area contributed by atoms with Crippen molar-refractivity contribution >= 4 is 17.6 Å². The van der Waals surface area contributed by atoms with Crippen molar-refractivity contribution in [3.05, 3.63) is 23.9 Å². The molecule has 108 valence electrons. The molecule has 0 fully saturated rings. The Labute approximate surface area is 122 Å². The lowest BCUT2D eigenvalue weighted by atomic mass is 10.1. The molecule has 0 radical (unpaired) electrons. The van der Waals surface area contributed by atoms with Crippen molar-refractivity contribution < 1.29 is 0 Å². The molecule has 0 aliphatic rings. The highest BCUT2D eigenvalue weighted by Gasteiger charge is 2.12. The first-order valence-corrected chi connectivity index (χ1v) is 8.15. The van der Waals surface area contributed by atoms with Crippen molar-refractivity contribution in [1.29, 1.82) is 0 Å². The minimum absolute atomic E-state index is 0.121. The normalized spacial score (nSPS) is 13.4. The number of pyridine rings is 1. The highest BCUT2D eigenvalue weighted by molar-refractivity contribution is 7.98. The molecule has 0 saturated heterocycles. The van der Waals surface area contributed by atoms with E-state index in [1.165, 1.54) is 0 Å². The monoisotopic (exact) mass is 281 g/mol. The van der Waals surface area contributed by atoms with Crippen molar-refractivity contribution in [2.45, 2.75) is 45.8 Å². The molecule has 1 N–H and O–H groups in total. The predicted molar refractivity (Wildman–Crippen MR) is 87.1 cm³/mol. The second kappa shape index (κ2) is 7.15. The van der Waals surface area contributed by atoms with Gasteiger partial charge in [-0.2, -0.15) is 11.8 Å². The first kappa shape index (κ1) is 16.3. The average molecular weight is 281 g/mol. The third-order valence-electron chi connectivity index (χ3n) is 3.02. The Hall–Kier alpha value is -0.740. The standard InChI is InChI=1S/C15H27N3S/c1-12(11-19-6)18(5)14-9-7-8-13(17-14)10-16-15(2,3)4/h7-9,12,16H,10-11H2,1-6H3. The summed E-state index contributed by atoms with van der Waals surface area (Å²) in [4.78, 5) is 6.98. The van der Waals surface area contributed by atoms with E-state index in [2.05, 4.69) is 69.4 Å². The number of hydrogen-bond donors (Lipinski definition) is 1. The van der Waals surface area contributed by atoms with Crippen LogP contribution in [0.5, 0.6) is 0 Å². The Morgan fingerprint density at radius 2 is 2.05 bits per heavy atom. The van der Waals surface area contributed by atoms with Crippen molar-refractivity contribution in [3.8, 4) is 0 Å². The fourth-order valence-electron chi connectivity index (χ4n) is 1.70. The van der Waals surface area contributed by atoms with Gasteiger partial charge in [-0.25, -0.2) is 4.98 Å². The maximum atomic E-state index is 4.73. The average Bonchev–Trinajstić information content (AvgIpc) is 2.35. The lowest BCUT2D eigenvalue weighted by Gasteiger charge is -2.26. The van der Waals surface area contributed by atoms with Gasteiger partial charge in [-0.05, 0) is 46.1 Å². The fraction of sp³-hybridized carbons (Fsp3) is 0.667. The van der Waals surface area contributed by atoms with Gasteiger partial charge in [0.15, 0.2) is 0 Å². The van der Waals surface area contributed by atoms with Crippen LogP contribution in [0.3, 0.4) is 0 Å². The second-order valence-electron chi connectivity index (χ2n) is 6.01. The zero-order chi connectivity index (χ0) is 14.5. The van der Waals surface area contributed by atoms with Crippen LogP contribution in [0.25, 0.3) is 0 Å². The van der Waals surface area contributed by atoms with E-state index in [9.17, 15) is 0 Å². The molecule has 19 heavy (non-hydrogen) atoms. The van der Waals surface area contributed by atoms with Gasteiger partial charge in [-0.3, -0.25) is 0 Å². The molecule has 0 aromatic carbocycles. The third-order valence-corrected chi connectivity index (χ3v) is 3.84. The van der Waals surface area contributed by atoms with Gasteiger partial charge >= 0.3 is 0 Å². The number of hydrogen-bond acceptors (Lipinski definition) is 4. The van der Waals surface area contributed by atoms with Gasteiger partial charge in [0.25, 0.3) is 0 Å². The summed E-state index contributed by atoms with van der Waals surface area (Å²) in [5, 5.41) is 3.47. The predicted octanol–water partition coefficient (Wildman–Crippen LogP) is 3.16. The molecule has 1 atom stereocenters. The minimum atomic E-state index is 0.121. The number of rotatable bonds is 6. The number of nitrogens with one attached hydrogen (secondary N) is 1. The number of thioether (sulfide) groups is 1. The van der Waals surface area contributed by atoms with E-state index in [0.29, 0.717) is 6.04 Å². The van der Waals surface area contributed by atoms with Crippen LogP contribution in [0.4, 0.5) is 5.82 Å². The molecule has 0 bridgehead atoms. The Bertz CT molecular complexity index is 387. The summed E-state index contributed by atoms with van der Waals surface area (Å²) < 4.78 is 0. The van der Waals surface area contributed by atoms with E-state index in [1.54, 1.807) is 0 Å². The minimum Gasteiger partial charge on any atom is -0.356 e. The molecule has 1 aromatic heterocycles. The maximum absolute atomic E-state index is 4.73. The van der Waals surface area contributed by atoms with E-state index in [1.807, 2.05) is 11.8 Å². The smallest absolute Gasteiger partial charge is 0.128 e. The van der Waals surface area contributed by atoms with Crippen molar-refractivity contribution in [3.63, 3.8) is 0 Å². The van der Waals surface area contributed by atoms with E-state index < -0.39 is 0 Å². The summed E-state index contributed by atoms with van der Waals surface area (Å²) in [6, 6.07) is 6.74. The molecular weight excluding hydrogens is 254 g/mol. The summed E-state index contributed by atoms with van der Waals surface area (Å²) >= 11 is 1.87. The second-order valence-corrected chi connectivity index (χ2v) is 6.92. The lowest BCUT2D eigenvalue weighted by molar-refractivity contribution is 0.421. The molecule has 3 nitrogen and oxygen atoms in total. The van der Waals surface area contributed by atoms with Gasteiger partial charge in [-0.15, -0.1) is 0 Å². The van der Waals surface area contributed by atoms with Crippen LogP contribution >= 0.6 is 11.8 Å². The number of aromatic nitrogens is 1. The third kappa shape index (κ3) is 5.83. The van der Waals surface area contributed by atoms with E-state index in [4.69, 9.17) is 4.98 Å². The lowest BCUT2D eigenvalue weighted by Crippen LogP contribution is -2.35. The SMILES string of the molecule is CSCC(C)N(C)c1cccc(CNC(C)(C)C)n1. The highest BCUT2D eigenvalue weighted by atomic mass is 32.2. The van der Waals surface area contributed by atoms with Gasteiger partial charge in [0.05, 0.1) is 5.69 Å². The van der Waals surface area contributed by atoms with Crippen molar-refractivity contribution in [2.24, 2.45) is 0 Å². The van der Waals surface area contributed by atoms with Crippen LogP contribution in [0.1, 0.15) is 33.4 Å². The van der Waals surface area contributed by atoms with E-state index in [0.717, 1.165) is 23.8 Å². The Morgan fingerprint density at radius 1 is 1.37 bits per heavy atom. The van der Waals surface area contributed by atoms with Gasteiger partial charge in [0.2, 0.25) is 0 Å². The molecule has 0 saturated carbocycles. The quantitative estimate of drug-likeness (QED) is 0.867. The van der Waals surface area contributed by atoms with Crippen LogP contribution in [0.2, 0.25) is 0 Å². The van der Waals surface area contributed by atoms with Gasteiger partial charge < -0.3 is 10.2 Å². The molecule has 0 aliphatic carbocycles. The fourth-order valence-corrected chi connectivity index (χ4v) is 2.40.